The number of nitrogens with two attached hydrogens (primary N) is 1. The van der Waals surface area contributed by atoms with Gasteiger partial charge in [-0.1, -0.05) is 31.1 Å². The normalized spacial score (nSPS) is 11.1. The number of rotatable bonds is 5. The van der Waals surface area contributed by atoms with E-state index in [4.69, 9.17) is 10.3 Å². The van der Waals surface area contributed by atoms with Crippen LogP contribution in [-0.2, 0) is 19.3 Å². The lowest BCUT2D eigenvalue weighted by atomic mass is 10.1. The van der Waals surface area contributed by atoms with Gasteiger partial charge in [-0.3, -0.25) is 0 Å². The van der Waals surface area contributed by atoms with Crippen LogP contribution in [0.4, 0.5) is 5.69 Å². The second kappa shape index (κ2) is 5.67. The Labute approximate surface area is 107 Å². The van der Waals surface area contributed by atoms with E-state index in [0.717, 1.165) is 30.8 Å². The summed E-state index contributed by atoms with van der Waals surface area (Å²) in [7, 11) is 0. The molecule has 0 atom stereocenters. The maximum Gasteiger partial charge on any atom is 0.226 e. The van der Waals surface area contributed by atoms with Crippen LogP contribution in [0.5, 0.6) is 0 Å². The molecule has 0 unspecified atom stereocenters. The lowest BCUT2D eigenvalue weighted by Gasteiger charge is -1.99. The summed E-state index contributed by atoms with van der Waals surface area (Å²) in [6.07, 6.45) is 2.49. The van der Waals surface area contributed by atoms with Crippen molar-refractivity contribution in [1.29, 1.82) is 0 Å². The number of benzene rings is 1. The topological polar surface area (TPSA) is 64.9 Å². The Balaban J connectivity index is 1.92. The van der Waals surface area contributed by atoms with Crippen molar-refractivity contribution in [3.63, 3.8) is 0 Å². The van der Waals surface area contributed by atoms with Crippen molar-refractivity contribution in [2.75, 3.05) is 5.73 Å². The SMILES string of the molecule is CC(C)Cc1noc(CCc2cccc(N)c2)n1. The van der Waals surface area contributed by atoms with E-state index in [9.17, 15) is 0 Å². The highest BCUT2D eigenvalue weighted by Gasteiger charge is 2.08. The van der Waals surface area contributed by atoms with E-state index in [1.165, 1.54) is 5.56 Å². The van der Waals surface area contributed by atoms with Gasteiger partial charge >= 0.3 is 0 Å². The zero-order chi connectivity index (χ0) is 13.0. The van der Waals surface area contributed by atoms with E-state index in [-0.39, 0.29) is 0 Å². The van der Waals surface area contributed by atoms with Gasteiger partial charge in [0.1, 0.15) is 0 Å². The van der Waals surface area contributed by atoms with Crippen LogP contribution in [0.1, 0.15) is 31.1 Å². The average molecular weight is 245 g/mol. The zero-order valence-electron chi connectivity index (χ0n) is 10.9. The molecule has 96 valence electrons. The molecule has 0 saturated carbocycles. The third kappa shape index (κ3) is 3.58. The first-order valence-corrected chi connectivity index (χ1v) is 6.29. The van der Waals surface area contributed by atoms with Gasteiger partial charge in [-0.2, -0.15) is 4.98 Å². The van der Waals surface area contributed by atoms with E-state index >= 15 is 0 Å². The maximum atomic E-state index is 5.74. The van der Waals surface area contributed by atoms with Crippen molar-refractivity contribution < 1.29 is 4.52 Å². The van der Waals surface area contributed by atoms with Crippen LogP contribution in [0.2, 0.25) is 0 Å². The van der Waals surface area contributed by atoms with Crippen molar-refractivity contribution in [1.82, 2.24) is 10.1 Å². The van der Waals surface area contributed by atoms with Crippen LogP contribution in [-0.4, -0.2) is 10.1 Å². The lowest BCUT2D eigenvalue weighted by molar-refractivity contribution is 0.371. The largest absolute Gasteiger partial charge is 0.399 e. The van der Waals surface area contributed by atoms with Crippen LogP contribution < -0.4 is 5.73 Å². The van der Waals surface area contributed by atoms with Crippen molar-refractivity contribution in [2.45, 2.75) is 33.1 Å². The number of hydrogen-bond acceptors (Lipinski definition) is 4. The number of hydrogen-bond donors (Lipinski definition) is 1. The summed E-state index contributed by atoms with van der Waals surface area (Å²) < 4.78 is 5.23. The summed E-state index contributed by atoms with van der Waals surface area (Å²) in [5, 5.41) is 3.98. The maximum absolute atomic E-state index is 5.74. The molecule has 4 heteroatoms. The minimum absolute atomic E-state index is 0.546. The molecular formula is C14H19N3O. The minimum atomic E-state index is 0.546. The molecule has 0 fully saturated rings. The van der Waals surface area contributed by atoms with Crippen LogP contribution >= 0.6 is 0 Å². The molecule has 1 aromatic heterocycles. The van der Waals surface area contributed by atoms with E-state index in [0.29, 0.717) is 11.8 Å². The van der Waals surface area contributed by atoms with Gasteiger partial charge in [0.2, 0.25) is 5.89 Å². The Morgan fingerprint density at radius 3 is 2.83 bits per heavy atom. The van der Waals surface area contributed by atoms with Gasteiger partial charge in [0.25, 0.3) is 0 Å². The molecule has 18 heavy (non-hydrogen) atoms. The average Bonchev–Trinajstić information content (AvgIpc) is 2.73. The van der Waals surface area contributed by atoms with Crippen molar-refractivity contribution in [3.8, 4) is 0 Å². The van der Waals surface area contributed by atoms with Crippen molar-refractivity contribution in [2.24, 2.45) is 5.92 Å². The standard InChI is InChI=1S/C14H19N3O/c1-10(2)8-13-16-14(18-17-13)7-6-11-4-3-5-12(15)9-11/h3-5,9-10H,6-8,15H2,1-2H3. The zero-order valence-corrected chi connectivity index (χ0v) is 10.9. The fourth-order valence-electron chi connectivity index (χ4n) is 1.84. The monoisotopic (exact) mass is 245 g/mol. The fraction of sp³-hybridized carbons (Fsp3) is 0.429. The summed E-state index contributed by atoms with van der Waals surface area (Å²) in [6, 6.07) is 7.88. The van der Waals surface area contributed by atoms with Gasteiger partial charge in [0.15, 0.2) is 5.82 Å². The molecule has 1 heterocycles. The summed E-state index contributed by atoms with van der Waals surface area (Å²) in [6.45, 7) is 4.28. The van der Waals surface area contributed by atoms with Crippen LogP contribution in [0, 0.1) is 5.92 Å². The second-order valence-corrected chi connectivity index (χ2v) is 4.95. The molecule has 0 amide bonds. The van der Waals surface area contributed by atoms with E-state index in [2.05, 4.69) is 30.1 Å². The second-order valence-electron chi connectivity index (χ2n) is 4.95. The number of aromatic nitrogens is 2. The van der Waals surface area contributed by atoms with Crippen molar-refractivity contribution >= 4 is 5.69 Å². The van der Waals surface area contributed by atoms with Gasteiger partial charge in [0.05, 0.1) is 0 Å². The molecule has 2 aromatic rings. The molecular weight excluding hydrogens is 226 g/mol. The first-order chi connectivity index (χ1) is 8.63. The summed E-state index contributed by atoms with van der Waals surface area (Å²) in [4.78, 5) is 4.38. The lowest BCUT2D eigenvalue weighted by Crippen LogP contribution is -1.97. The summed E-state index contributed by atoms with van der Waals surface area (Å²) in [5.74, 6) is 2.05. The molecule has 0 aliphatic carbocycles. The minimum Gasteiger partial charge on any atom is -0.399 e. The smallest absolute Gasteiger partial charge is 0.226 e. The van der Waals surface area contributed by atoms with E-state index in [1.54, 1.807) is 0 Å². The molecule has 2 rings (SSSR count). The van der Waals surface area contributed by atoms with Gasteiger partial charge in [-0.15, -0.1) is 0 Å². The van der Waals surface area contributed by atoms with Gasteiger partial charge in [0, 0.05) is 18.5 Å². The Kier molecular flexibility index (Phi) is 3.97. The number of nitrogens with zero attached hydrogens (tertiary/aromatic N) is 2. The highest BCUT2D eigenvalue weighted by Crippen LogP contribution is 2.11. The van der Waals surface area contributed by atoms with Crippen LogP contribution in [0.15, 0.2) is 28.8 Å². The van der Waals surface area contributed by atoms with Crippen LogP contribution in [0.25, 0.3) is 0 Å². The first-order valence-electron chi connectivity index (χ1n) is 6.29. The molecule has 2 N–H and O–H groups in total. The Hall–Kier alpha value is -1.84. The number of nitrogen functional groups attached to an aromatic ring is 1. The molecule has 1 aromatic carbocycles. The third-order valence-electron chi connectivity index (χ3n) is 2.68. The molecule has 0 aliphatic heterocycles. The third-order valence-corrected chi connectivity index (χ3v) is 2.68. The van der Waals surface area contributed by atoms with Gasteiger partial charge < -0.3 is 10.3 Å². The molecule has 0 bridgehead atoms. The van der Waals surface area contributed by atoms with Gasteiger partial charge in [-0.05, 0) is 30.0 Å². The molecule has 0 aliphatic rings. The highest BCUT2D eigenvalue weighted by molar-refractivity contribution is 5.40. The fourth-order valence-corrected chi connectivity index (χ4v) is 1.84. The Bertz CT molecular complexity index is 505. The van der Waals surface area contributed by atoms with E-state index in [1.807, 2.05) is 18.2 Å². The van der Waals surface area contributed by atoms with Crippen molar-refractivity contribution in [3.05, 3.63) is 41.5 Å². The number of anilines is 1. The summed E-state index contributed by atoms with van der Waals surface area (Å²) in [5.41, 5.74) is 7.72. The highest BCUT2D eigenvalue weighted by atomic mass is 16.5. The van der Waals surface area contributed by atoms with Crippen LogP contribution in [0.3, 0.4) is 0 Å². The first kappa shape index (κ1) is 12.6. The predicted octanol–water partition coefficient (Wildman–Crippen LogP) is 2.64. The number of aryl methyl sites for hydroxylation is 2. The van der Waals surface area contributed by atoms with E-state index < -0.39 is 0 Å². The summed E-state index contributed by atoms with van der Waals surface area (Å²) >= 11 is 0. The Morgan fingerprint density at radius 1 is 1.28 bits per heavy atom. The molecule has 0 radical (unpaired) electrons. The molecule has 4 nitrogen and oxygen atoms in total. The Morgan fingerprint density at radius 2 is 2.11 bits per heavy atom. The molecule has 0 spiro atoms. The molecule has 0 saturated heterocycles. The predicted molar refractivity (Wildman–Crippen MR) is 71.1 cm³/mol. The quantitative estimate of drug-likeness (QED) is 0.822. The van der Waals surface area contributed by atoms with Gasteiger partial charge in [-0.25, -0.2) is 0 Å².